The van der Waals surface area contributed by atoms with Crippen LogP contribution in [0.5, 0.6) is 5.75 Å². The van der Waals surface area contributed by atoms with Crippen LogP contribution in [0, 0.1) is 6.92 Å². The highest BCUT2D eigenvalue weighted by Crippen LogP contribution is 2.51. The van der Waals surface area contributed by atoms with Crippen LogP contribution in [-0.2, 0) is 22.9 Å². The van der Waals surface area contributed by atoms with Crippen molar-refractivity contribution in [2.24, 2.45) is 0 Å². The second kappa shape index (κ2) is 13.7. The third-order valence-electron chi connectivity index (χ3n) is 16.0. The zero-order valence-corrected chi connectivity index (χ0v) is 40.8. The van der Waals surface area contributed by atoms with Gasteiger partial charge in [0.05, 0.1) is 5.52 Å². The first-order chi connectivity index (χ1) is 32.7. The molecule has 0 fully saturated rings. The lowest BCUT2D eigenvalue weighted by Gasteiger charge is -2.41. The van der Waals surface area contributed by atoms with Crippen molar-refractivity contribution in [3.8, 4) is 33.7 Å². The minimum Gasteiger partial charge on any atom is -0.488 e. The lowest BCUT2D eigenvalue weighted by molar-refractivity contribution is 0.302. The summed E-state index contributed by atoms with van der Waals surface area (Å²) in [6.07, 6.45) is 2.39. The minimum atomic E-state index is 0.0585. The van der Waals surface area contributed by atoms with Gasteiger partial charge in [0.2, 0.25) is 0 Å². The van der Waals surface area contributed by atoms with E-state index in [0.29, 0.717) is 6.61 Å². The fraction of sp³-hybridized carbons (Fsp3) is 0.226. The van der Waals surface area contributed by atoms with Crippen molar-refractivity contribution < 1.29 is 9.15 Å². The van der Waals surface area contributed by atoms with Gasteiger partial charge in [0, 0.05) is 87.6 Å². The predicted octanol–water partition coefficient (Wildman–Crippen LogP) is 15.9. The third-order valence-corrected chi connectivity index (χ3v) is 17.1. The molecule has 4 nitrogen and oxygen atoms in total. The van der Waals surface area contributed by atoms with E-state index in [1.54, 1.807) is 0 Å². The molecule has 0 amide bonds. The Labute approximate surface area is 401 Å². The van der Waals surface area contributed by atoms with Crippen LogP contribution in [0.3, 0.4) is 0 Å². The Balaban J connectivity index is 1.06. The summed E-state index contributed by atoms with van der Waals surface area (Å²) in [7, 11) is 2.45. The molecule has 68 heavy (non-hydrogen) atoms. The molecule has 0 saturated carbocycles. The molecule has 11 aromatic rings. The molecule has 14 rings (SSSR count). The molecule has 3 aromatic heterocycles. The van der Waals surface area contributed by atoms with Crippen LogP contribution in [0.15, 0.2) is 132 Å². The van der Waals surface area contributed by atoms with Gasteiger partial charge in [-0.1, -0.05) is 121 Å². The van der Waals surface area contributed by atoms with Gasteiger partial charge in [0.25, 0.3) is 0 Å². The Kier molecular flexibility index (Phi) is 8.12. The van der Waals surface area contributed by atoms with Crippen LogP contribution in [0.2, 0.25) is 0 Å². The molecule has 1 N–H and O–H groups in total. The third kappa shape index (κ3) is 5.73. The van der Waals surface area contributed by atoms with Gasteiger partial charge in [-0.25, -0.2) is 0 Å². The fourth-order valence-corrected chi connectivity index (χ4v) is 13.3. The lowest BCUT2D eigenvalue weighted by Crippen LogP contribution is -2.37. The topological polar surface area (TPSA) is 39.3 Å². The smallest absolute Gasteiger partial charge is 0.197 e. The van der Waals surface area contributed by atoms with Crippen LogP contribution in [-0.4, -0.2) is 11.8 Å². The van der Waals surface area contributed by atoms with E-state index in [1.165, 1.54) is 99.3 Å². The van der Waals surface area contributed by atoms with Gasteiger partial charge in [0.1, 0.15) is 23.5 Å². The molecule has 5 heterocycles. The molecule has 8 aromatic carbocycles. The summed E-state index contributed by atoms with van der Waals surface area (Å²) in [5, 5.41) is 11.4. The fourth-order valence-electron chi connectivity index (χ4n) is 12.1. The maximum atomic E-state index is 6.60. The van der Waals surface area contributed by atoms with E-state index in [9.17, 15) is 0 Å². The van der Waals surface area contributed by atoms with Gasteiger partial charge in [-0.15, -0.1) is 11.3 Å². The summed E-state index contributed by atoms with van der Waals surface area (Å²) < 4.78 is 18.4. The first-order valence-electron chi connectivity index (χ1n) is 24.3. The number of nitrogens with zero attached hydrogens (tertiary/aromatic N) is 1. The van der Waals surface area contributed by atoms with Crippen LogP contribution in [0.1, 0.15) is 89.1 Å². The van der Waals surface area contributed by atoms with E-state index in [2.05, 4.69) is 200 Å². The van der Waals surface area contributed by atoms with Gasteiger partial charge in [0.15, 0.2) is 7.28 Å². The number of hydrogen-bond donors (Lipinski definition) is 1. The summed E-state index contributed by atoms with van der Waals surface area (Å²) in [6, 6.07) is 48.0. The minimum absolute atomic E-state index is 0.0585. The Morgan fingerprint density at radius 2 is 1.38 bits per heavy atom. The van der Waals surface area contributed by atoms with Crippen LogP contribution >= 0.6 is 11.3 Å². The number of furan rings is 1. The van der Waals surface area contributed by atoms with Crippen molar-refractivity contribution in [3.63, 3.8) is 0 Å². The molecule has 331 valence electrons. The second-order valence-corrected chi connectivity index (χ2v) is 23.4. The van der Waals surface area contributed by atoms with Crippen molar-refractivity contribution in [1.29, 1.82) is 0 Å². The summed E-state index contributed by atoms with van der Waals surface area (Å²) in [4.78, 5) is 0. The van der Waals surface area contributed by atoms with Crippen LogP contribution in [0.4, 0.5) is 11.4 Å². The van der Waals surface area contributed by atoms with Gasteiger partial charge in [-0.05, 0) is 129 Å². The quantitative estimate of drug-likeness (QED) is 0.180. The summed E-state index contributed by atoms with van der Waals surface area (Å²) >= 11 is 1.94. The maximum absolute atomic E-state index is 6.60. The van der Waals surface area contributed by atoms with E-state index >= 15 is 0 Å². The monoisotopic (exact) mass is 899 g/mol. The Bertz CT molecular complexity index is 4020. The van der Waals surface area contributed by atoms with Gasteiger partial charge in [-0.3, -0.25) is 0 Å². The zero-order chi connectivity index (χ0) is 46.2. The molecule has 6 heteroatoms. The molecular weight excluding hydrogens is 848 g/mol. The average molecular weight is 900 g/mol. The molecule has 1 aliphatic carbocycles. The molecular formula is C62H52BN2O2S. The maximum Gasteiger partial charge on any atom is 0.197 e. The van der Waals surface area contributed by atoms with Gasteiger partial charge < -0.3 is 19.0 Å². The second-order valence-electron chi connectivity index (χ2n) is 22.3. The summed E-state index contributed by atoms with van der Waals surface area (Å²) in [5.41, 5.74) is 21.7. The normalized spacial score (nSPS) is 15.6. The van der Waals surface area contributed by atoms with Crippen molar-refractivity contribution in [3.05, 3.63) is 155 Å². The van der Waals surface area contributed by atoms with Crippen LogP contribution < -0.4 is 21.0 Å². The van der Waals surface area contributed by atoms with Crippen LogP contribution in [0.25, 0.3) is 91.9 Å². The zero-order valence-electron chi connectivity index (χ0n) is 40.0. The van der Waals surface area contributed by atoms with E-state index in [4.69, 9.17) is 9.15 Å². The number of rotatable bonds is 3. The molecule has 3 aliphatic rings. The van der Waals surface area contributed by atoms with Crippen molar-refractivity contribution in [1.82, 2.24) is 4.57 Å². The molecule has 0 spiro atoms. The number of benzene rings is 8. The number of aryl methyl sites for hydroxylation is 1. The summed E-state index contributed by atoms with van der Waals surface area (Å²) in [5.74, 6) is 0.920. The largest absolute Gasteiger partial charge is 0.488 e. The number of hydrogen-bond acceptors (Lipinski definition) is 4. The predicted molar refractivity (Wildman–Crippen MR) is 290 cm³/mol. The highest BCUT2D eigenvalue weighted by molar-refractivity contribution is 7.25. The molecule has 0 atom stereocenters. The Hall–Kier alpha value is -6.76. The highest BCUT2D eigenvalue weighted by atomic mass is 32.1. The van der Waals surface area contributed by atoms with Gasteiger partial charge in [-0.2, -0.15) is 0 Å². The van der Waals surface area contributed by atoms with Gasteiger partial charge >= 0.3 is 0 Å². The number of anilines is 2. The van der Waals surface area contributed by atoms with E-state index in [0.717, 1.165) is 61.3 Å². The molecule has 2 aliphatic heterocycles. The Morgan fingerprint density at radius 3 is 2.19 bits per heavy atom. The van der Waals surface area contributed by atoms with E-state index in [-0.39, 0.29) is 16.2 Å². The Morgan fingerprint density at radius 1 is 0.647 bits per heavy atom. The number of para-hydroxylation sites is 1. The first-order valence-corrected chi connectivity index (χ1v) is 25.1. The number of nitrogens with one attached hydrogen (secondary N) is 1. The number of fused-ring (bicyclic) bond motifs is 15. The first kappa shape index (κ1) is 40.3. The molecule has 0 bridgehead atoms. The lowest BCUT2D eigenvalue weighted by atomic mass is 9.58. The number of aromatic nitrogens is 1. The standard InChI is InChI=1S/C62H52BN2O2S/c1-33-23-44(39-28-55-43(27-49(39)64-36-19-17-35(18-20-36)60(2,3)4)42-25-46-47(29-56(42)68-55)62(7,8)22-21-61(46,5)6)58-59-57(33)45-24-40-37-14-10-9-13-34(37)32-66-53(40)30-50(45)65(59)51-31-54-41(26-48(51)63-58)38-15-11-12-16-52(38)67-54/h9-20,23-31,64H,21-22,32H2,1-8H3. The number of ether oxygens (including phenoxy) is 1. The van der Waals surface area contributed by atoms with E-state index < -0.39 is 0 Å². The number of thiophene rings is 1. The SMILES string of the molecule is Cc1cc(-c2cc3sc4cc5c(cc4c3cc2Nc2ccc(C(C)(C)C)cc2)C(C)(C)CCC5(C)C)c2c3c1c1cc4c(cc1n3-c1cc3oc5ccccc5c3cc1[B]2)OCc1ccccc1-4. The molecule has 0 saturated heterocycles. The molecule has 0 unspecified atom stereocenters. The average Bonchev–Trinajstić information content (AvgIpc) is 3.98. The van der Waals surface area contributed by atoms with Crippen molar-refractivity contribution in [2.75, 3.05) is 5.32 Å². The summed E-state index contributed by atoms with van der Waals surface area (Å²) in [6.45, 7) is 19.4. The molecule has 1 radical (unpaired) electrons. The van der Waals surface area contributed by atoms with E-state index in [1.807, 2.05) is 11.3 Å². The highest BCUT2D eigenvalue weighted by Gasteiger charge is 2.38. The van der Waals surface area contributed by atoms with Crippen molar-refractivity contribution >= 4 is 105 Å². The van der Waals surface area contributed by atoms with Crippen molar-refractivity contribution in [2.45, 2.75) is 91.1 Å².